The number of nitrogens with zero attached hydrogens (tertiary/aromatic N) is 4. The van der Waals surface area contributed by atoms with E-state index in [2.05, 4.69) is 62.4 Å². The largest absolute Gasteiger partial charge is 0.309 e. The summed E-state index contributed by atoms with van der Waals surface area (Å²) in [5.41, 5.74) is 9.29. The Labute approximate surface area is 325 Å². The van der Waals surface area contributed by atoms with E-state index in [1.165, 1.54) is 23.3 Å². The Hall–Kier alpha value is -6.80. The van der Waals surface area contributed by atoms with Crippen molar-refractivity contribution in [3.63, 3.8) is 0 Å². The fourth-order valence-corrected chi connectivity index (χ4v) is 10.3. The van der Waals surface area contributed by atoms with Crippen LogP contribution in [0.5, 0.6) is 0 Å². The van der Waals surface area contributed by atoms with Crippen LogP contribution in [0.3, 0.4) is 0 Å². The van der Waals surface area contributed by atoms with Crippen LogP contribution in [0.1, 0.15) is 30.5 Å². The first-order valence-corrected chi connectivity index (χ1v) is 20.1. The Morgan fingerprint density at radius 3 is 1.43 bits per heavy atom. The molecular weight excluding hydrogens is 711 g/mol. The van der Waals surface area contributed by atoms with E-state index in [0.29, 0.717) is 28.6 Å². The van der Waals surface area contributed by atoms with Crippen molar-refractivity contribution < 1.29 is 8.96 Å². The van der Waals surface area contributed by atoms with Crippen LogP contribution in [-0.4, -0.2) is 15.0 Å². The van der Waals surface area contributed by atoms with Crippen LogP contribution < -0.4 is 15.9 Å². The van der Waals surface area contributed by atoms with Gasteiger partial charge < -0.3 is 4.57 Å². The minimum atomic E-state index is -3.08. The zero-order valence-electron chi connectivity index (χ0n) is 30.7. The van der Waals surface area contributed by atoms with Gasteiger partial charge in [0.05, 0.1) is 11.6 Å². The Morgan fingerprint density at radius 1 is 0.500 bits per heavy atom. The van der Waals surface area contributed by atoms with Gasteiger partial charge in [-0.3, -0.25) is 0 Å². The third kappa shape index (κ3) is 6.04. The molecule has 56 heavy (non-hydrogen) atoms. The number of nitriles is 1. The van der Waals surface area contributed by atoms with Crippen molar-refractivity contribution in [1.29, 1.82) is 5.26 Å². The third-order valence-electron chi connectivity index (χ3n) is 10.7. The first-order valence-electron chi connectivity index (χ1n) is 18.4. The van der Waals surface area contributed by atoms with E-state index in [1.54, 1.807) is 24.3 Å². The maximum absolute atomic E-state index is 14.9. The SMILES string of the molecule is CC1(C)c2cc(-c3ccc(P(=O)(c4ccccc4)c4ccccc4)cc3)ccc2-c2ccc(-c3nc(-c4ccc(F)cc4)nc(-c4ccc(C#N)cc4)n3)cc21. The molecule has 8 aromatic rings. The van der Waals surface area contributed by atoms with Crippen molar-refractivity contribution in [2.45, 2.75) is 19.3 Å². The topological polar surface area (TPSA) is 79.5 Å². The minimum absolute atomic E-state index is 0.338. The molecule has 1 aliphatic carbocycles. The summed E-state index contributed by atoms with van der Waals surface area (Å²) < 4.78 is 28.8. The van der Waals surface area contributed by atoms with Gasteiger partial charge in [0.25, 0.3) is 0 Å². The standard InChI is InChI=1S/C49H34FN4OP/c1-49(2)44-29-36(33-19-25-41(26-20-33)56(55,39-9-5-3-6-10-39)40-11-7-4-8-12-40)21-27-42(44)43-28-22-37(30-45(43)49)48-53-46(34-15-13-32(31-51)14-16-34)52-47(54-48)35-17-23-38(50)24-18-35/h3-30H,1-2H3. The van der Waals surface area contributed by atoms with Crippen molar-refractivity contribution in [3.8, 4) is 62.5 Å². The van der Waals surface area contributed by atoms with E-state index >= 15 is 0 Å². The van der Waals surface area contributed by atoms with E-state index in [0.717, 1.165) is 49.3 Å². The second-order valence-electron chi connectivity index (χ2n) is 14.5. The highest BCUT2D eigenvalue weighted by molar-refractivity contribution is 7.85. The molecule has 0 bridgehead atoms. The zero-order valence-corrected chi connectivity index (χ0v) is 31.6. The molecule has 0 unspecified atom stereocenters. The van der Waals surface area contributed by atoms with Gasteiger partial charge in [-0.2, -0.15) is 5.26 Å². The van der Waals surface area contributed by atoms with Gasteiger partial charge in [-0.25, -0.2) is 19.3 Å². The van der Waals surface area contributed by atoms with E-state index in [1.807, 2.05) is 91.0 Å². The molecule has 0 aliphatic heterocycles. The molecule has 0 saturated heterocycles. The minimum Gasteiger partial charge on any atom is -0.309 e. The van der Waals surface area contributed by atoms with Crippen LogP contribution in [0.15, 0.2) is 170 Å². The summed E-state index contributed by atoms with van der Waals surface area (Å²) in [5, 5.41) is 11.8. The summed E-state index contributed by atoms with van der Waals surface area (Å²) >= 11 is 0. The van der Waals surface area contributed by atoms with Gasteiger partial charge in [0.2, 0.25) is 0 Å². The van der Waals surface area contributed by atoms with Gasteiger partial charge in [0, 0.05) is 38.0 Å². The van der Waals surface area contributed by atoms with Crippen LogP contribution in [0.2, 0.25) is 0 Å². The molecule has 0 N–H and O–H groups in total. The molecule has 5 nitrogen and oxygen atoms in total. The lowest BCUT2D eigenvalue weighted by atomic mass is 9.81. The molecule has 0 saturated carbocycles. The molecule has 0 fully saturated rings. The van der Waals surface area contributed by atoms with Crippen molar-refractivity contribution in [1.82, 2.24) is 15.0 Å². The molecule has 0 atom stereocenters. The van der Waals surface area contributed by atoms with Crippen molar-refractivity contribution >= 4 is 23.1 Å². The molecular formula is C49H34FN4OP. The van der Waals surface area contributed by atoms with Gasteiger partial charge in [-0.05, 0) is 94.0 Å². The smallest absolute Gasteiger partial charge is 0.171 e. The number of hydrogen-bond donors (Lipinski definition) is 0. The molecule has 1 heterocycles. The molecule has 7 heteroatoms. The average Bonchev–Trinajstić information content (AvgIpc) is 3.48. The normalized spacial score (nSPS) is 12.8. The van der Waals surface area contributed by atoms with Gasteiger partial charge in [0.1, 0.15) is 5.82 Å². The Balaban J connectivity index is 1.08. The molecule has 0 amide bonds. The summed E-state index contributed by atoms with van der Waals surface area (Å²) in [4.78, 5) is 14.6. The van der Waals surface area contributed by atoms with Gasteiger partial charge in [-0.15, -0.1) is 0 Å². The van der Waals surface area contributed by atoms with Crippen LogP contribution in [0.4, 0.5) is 4.39 Å². The zero-order chi connectivity index (χ0) is 38.4. The molecule has 0 radical (unpaired) electrons. The van der Waals surface area contributed by atoms with E-state index in [-0.39, 0.29) is 11.2 Å². The second kappa shape index (κ2) is 13.8. The average molecular weight is 745 g/mol. The molecule has 1 aliphatic rings. The summed E-state index contributed by atoms with van der Waals surface area (Å²) in [6, 6.07) is 56.0. The number of aromatic nitrogens is 3. The third-order valence-corrected chi connectivity index (χ3v) is 13.8. The van der Waals surface area contributed by atoms with Crippen molar-refractivity contribution in [3.05, 3.63) is 192 Å². The molecule has 9 rings (SSSR count). The van der Waals surface area contributed by atoms with Crippen LogP contribution in [-0.2, 0) is 9.98 Å². The summed E-state index contributed by atoms with van der Waals surface area (Å²) in [7, 11) is -3.08. The van der Waals surface area contributed by atoms with Crippen molar-refractivity contribution in [2.24, 2.45) is 0 Å². The first-order chi connectivity index (χ1) is 27.2. The predicted molar refractivity (Wildman–Crippen MR) is 223 cm³/mol. The van der Waals surface area contributed by atoms with Crippen LogP contribution in [0.25, 0.3) is 56.4 Å². The fourth-order valence-electron chi connectivity index (χ4n) is 7.70. The molecule has 0 spiro atoms. The number of benzene rings is 7. The second-order valence-corrected chi connectivity index (χ2v) is 17.2. The first kappa shape index (κ1) is 34.9. The fraction of sp³-hybridized carbons (Fsp3) is 0.0612. The summed E-state index contributed by atoms with van der Waals surface area (Å²) in [5.74, 6) is 1.04. The highest BCUT2D eigenvalue weighted by Crippen LogP contribution is 2.51. The van der Waals surface area contributed by atoms with Gasteiger partial charge in [-0.1, -0.05) is 123 Å². The summed E-state index contributed by atoms with van der Waals surface area (Å²) in [6.45, 7) is 4.48. The molecule has 268 valence electrons. The highest BCUT2D eigenvalue weighted by atomic mass is 31.2. The number of hydrogen-bond acceptors (Lipinski definition) is 5. The number of halogens is 1. The lowest BCUT2D eigenvalue weighted by Gasteiger charge is -2.23. The molecule has 7 aromatic carbocycles. The number of fused-ring (bicyclic) bond motifs is 3. The monoisotopic (exact) mass is 744 g/mol. The highest BCUT2D eigenvalue weighted by Gasteiger charge is 2.36. The van der Waals surface area contributed by atoms with Gasteiger partial charge >= 0.3 is 0 Å². The van der Waals surface area contributed by atoms with E-state index < -0.39 is 7.14 Å². The van der Waals surface area contributed by atoms with Gasteiger partial charge in [0.15, 0.2) is 24.6 Å². The Bertz CT molecular complexity index is 2810. The lowest BCUT2D eigenvalue weighted by Crippen LogP contribution is -2.24. The maximum atomic E-state index is 14.9. The summed E-state index contributed by atoms with van der Waals surface area (Å²) in [6.07, 6.45) is 0. The Kier molecular flexibility index (Phi) is 8.61. The maximum Gasteiger partial charge on any atom is 0.171 e. The quantitative estimate of drug-likeness (QED) is 0.152. The van der Waals surface area contributed by atoms with E-state index in [9.17, 15) is 14.2 Å². The lowest BCUT2D eigenvalue weighted by molar-refractivity contribution is 0.592. The predicted octanol–water partition coefficient (Wildman–Crippen LogP) is 10.5. The molecule has 1 aromatic heterocycles. The van der Waals surface area contributed by atoms with Crippen LogP contribution >= 0.6 is 7.14 Å². The number of rotatable bonds is 7. The van der Waals surface area contributed by atoms with Crippen molar-refractivity contribution in [2.75, 3.05) is 0 Å². The Morgan fingerprint density at radius 2 is 0.911 bits per heavy atom. The van der Waals surface area contributed by atoms with Crippen LogP contribution in [0, 0.1) is 17.1 Å². The van der Waals surface area contributed by atoms with E-state index in [4.69, 9.17) is 15.0 Å².